The first-order valence-electron chi connectivity index (χ1n) is 6.96. The number of amides is 1. The van der Waals surface area contributed by atoms with E-state index >= 15 is 0 Å². The minimum absolute atomic E-state index is 0.0248. The Morgan fingerprint density at radius 1 is 1.38 bits per heavy atom. The quantitative estimate of drug-likeness (QED) is 0.596. The van der Waals surface area contributed by atoms with Gasteiger partial charge in [0.05, 0.1) is 0 Å². The Hall–Kier alpha value is -2.30. The largest absolute Gasteiger partial charge is 0.481 e. The average molecular weight is 290 g/mol. The van der Waals surface area contributed by atoms with Crippen LogP contribution < -0.4 is 5.73 Å². The van der Waals surface area contributed by atoms with Crippen LogP contribution in [-0.2, 0) is 9.59 Å². The van der Waals surface area contributed by atoms with Gasteiger partial charge in [-0.3, -0.25) is 9.59 Å². The maximum Gasteiger partial charge on any atom is 0.303 e. The fourth-order valence-corrected chi connectivity index (χ4v) is 1.95. The molecule has 1 amide bonds. The van der Waals surface area contributed by atoms with Crippen molar-refractivity contribution < 1.29 is 14.7 Å². The van der Waals surface area contributed by atoms with Crippen LogP contribution >= 0.6 is 0 Å². The number of aliphatic carboxylic acids is 1. The van der Waals surface area contributed by atoms with E-state index in [9.17, 15) is 9.59 Å². The van der Waals surface area contributed by atoms with E-state index in [1.165, 1.54) is 6.08 Å². The van der Waals surface area contributed by atoms with Crippen molar-refractivity contribution in [1.29, 1.82) is 0 Å². The maximum atomic E-state index is 12.2. The molecule has 0 aliphatic rings. The van der Waals surface area contributed by atoms with E-state index in [0.717, 1.165) is 5.56 Å². The molecule has 0 aliphatic carbocycles. The summed E-state index contributed by atoms with van der Waals surface area (Å²) in [5, 5.41) is 8.65. The molecule has 114 valence electrons. The Bertz CT molecular complexity index is 524. The number of benzene rings is 1. The SMILES string of the molecule is CC(C)N(CCCC(=O)O)C(=O)/C=C/c1cccc(N)c1. The molecule has 0 spiro atoms. The highest BCUT2D eigenvalue weighted by atomic mass is 16.4. The second kappa shape index (κ2) is 8.09. The van der Waals surface area contributed by atoms with Gasteiger partial charge in [-0.05, 0) is 44.0 Å². The van der Waals surface area contributed by atoms with Crippen LogP contribution in [0.4, 0.5) is 5.69 Å². The Balaban J connectivity index is 2.66. The number of carboxylic acid groups (broad SMARTS) is 1. The Morgan fingerprint density at radius 3 is 2.67 bits per heavy atom. The van der Waals surface area contributed by atoms with Crippen LogP contribution in [0, 0.1) is 0 Å². The Labute approximate surface area is 125 Å². The molecule has 1 aromatic carbocycles. The molecule has 3 N–H and O–H groups in total. The van der Waals surface area contributed by atoms with E-state index in [0.29, 0.717) is 18.7 Å². The van der Waals surface area contributed by atoms with Crippen molar-refractivity contribution in [1.82, 2.24) is 4.90 Å². The third-order valence-corrected chi connectivity index (χ3v) is 3.03. The van der Waals surface area contributed by atoms with Gasteiger partial charge in [0.2, 0.25) is 5.91 Å². The third-order valence-electron chi connectivity index (χ3n) is 3.03. The summed E-state index contributed by atoms with van der Waals surface area (Å²) in [5.74, 6) is -0.973. The summed E-state index contributed by atoms with van der Waals surface area (Å²) < 4.78 is 0. The summed E-state index contributed by atoms with van der Waals surface area (Å²) in [7, 11) is 0. The van der Waals surface area contributed by atoms with Crippen LogP contribution in [0.1, 0.15) is 32.3 Å². The van der Waals surface area contributed by atoms with Crippen LogP contribution in [0.15, 0.2) is 30.3 Å². The number of hydrogen-bond acceptors (Lipinski definition) is 3. The van der Waals surface area contributed by atoms with Crippen molar-refractivity contribution in [3.8, 4) is 0 Å². The van der Waals surface area contributed by atoms with Crippen molar-refractivity contribution in [2.24, 2.45) is 0 Å². The molecule has 0 unspecified atom stereocenters. The number of anilines is 1. The molecule has 0 heterocycles. The number of rotatable bonds is 7. The number of carboxylic acids is 1. The van der Waals surface area contributed by atoms with Gasteiger partial charge < -0.3 is 15.7 Å². The van der Waals surface area contributed by atoms with E-state index < -0.39 is 5.97 Å². The maximum absolute atomic E-state index is 12.2. The predicted octanol–water partition coefficient (Wildman–Crippen LogP) is 2.38. The molecule has 1 aromatic rings. The topological polar surface area (TPSA) is 83.6 Å². The molecular formula is C16H22N2O3. The lowest BCUT2D eigenvalue weighted by molar-refractivity contribution is -0.138. The molecule has 0 radical (unpaired) electrons. The van der Waals surface area contributed by atoms with Crippen LogP contribution in [0.5, 0.6) is 0 Å². The lowest BCUT2D eigenvalue weighted by atomic mass is 10.2. The number of nitrogen functional groups attached to an aromatic ring is 1. The smallest absolute Gasteiger partial charge is 0.303 e. The van der Waals surface area contributed by atoms with Gasteiger partial charge in [-0.15, -0.1) is 0 Å². The summed E-state index contributed by atoms with van der Waals surface area (Å²) in [6, 6.07) is 7.28. The molecule has 0 atom stereocenters. The zero-order valence-electron chi connectivity index (χ0n) is 12.5. The second-order valence-corrected chi connectivity index (χ2v) is 5.13. The molecule has 5 heteroatoms. The zero-order valence-corrected chi connectivity index (χ0v) is 12.5. The molecular weight excluding hydrogens is 268 g/mol. The van der Waals surface area contributed by atoms with Gasteiger partial charge in [0.15, 0.2) is 0 Å². The Kier molecular flexibility index (Phi) is 6.46. The van der Waals surface area contributed by atoms with Crippen LogP contribution in [0.3, 0.4) is 0 Å². The number of nitrogens with two attached hydrogens (primary N) is 1. The van der Waals surface area contributed by atoms with Crippen molar-refractivity contribution >= 4 is 23.6 Å². The average Bonchev–Trinajstić information content (AvgIpc) is 2.40. The fourth-order valence-electron chi connectivity index (χ4n) is 1.95. The lowest BCUT2D eigenvalue weighted by Gasteiger charge is -2.25. The molecule has 0 fully saturated rings. The van der Waals surface area contributed by atoms with Crippen molar-refractivity contribution in [3.05, 3.63) is 35.9 Å². The van der Waals surface area contributed by atoms with Gasteiger partial charge in [-0.25, -0.2) is 0 Å². The van der Waals surface area contributed by atoms with E-state index in [1.807, 2.05) is 26.0 Å². The van der Waals surface area contributed by atoms with E-state index in [-0.39, 0.29) is 18.4 Å². The van der Waals surface area contributed by atoms with Gasteiger partial charge in [0.1, 0.15) is 0 Å². The number of hydrogen-bond donors (Lipinski definition) is 2. The fraction of sp³-hybridized carbons (Fsp3) is 0.375. The van der Waals surface area contributed by atoms with Gasteiger partial charge in [-0.1, -0.05) is 12.1 Å². The predicted molar refractivity (Wildman–Crippen MR) is 83.6 cm³/mol. The van der Waals surface area contributed by atoms with Gasteiger partial charge in [0, 0.05) is 30.8 Å². The first-order valence-corrected chi connectivity index (χ1v) is 6.96. The molecule has 0 saturated carbocycles. The highest BCUT2D eigenvalue weighted by molar-refractivity contribution is 5.92. The van der Waals surface area contributed by atoms with E-state index in [4.69, 9.17) is 10.8 Å². The summed E-state index contributed by atoms with van der Waals surface area (Å²) in [5.41, 5.74) is 7.19. The Morgan fingerprint density at radius 2 is 2.10 bits per heavy atom. The van der Waals surface area contributed by atoms with E-state index in [1.54, 1.807) is 23.1 Å². The standard InChI is InChI=1S/C16H22N2O3/c1-12(2)18(10-4-7-16(20)21)15(19)9-8-13-5-3-6-14(17)11-13/h3,5-6,8-9,11-12H,4,7,10,17H2,1-2H3,(H,20,21)/b9-8+. The molecule has 0 aliphatic heterocycles. The number of nitrogens with zero attached hydrogens (tertiary/aromatic N) is 1. The van der Waals surface area contributed by atoms with Crippen LogP contribution in [0.2, 0.25) is 0 Å². The molecule has 1 rings (SSSR count). The van der Waals surface area contributed by atoms with Gasteiger partial charge in [0.25, 0.3) is 0 Å². The van der Waals surface area contributed by atoms with E-state index in [2.05, 4.69) is 0 Å². The third kappa shape index (κ3) is 6.12. The molecule has 21 heavy (non-hydrogen) atoms. The lowest BCUT2D eigenvalue weighted by Crippen LogP contribution is -2.36. The van der Waals surface area contributed by atoms with Crippen LogP contribution in [-0.4, -0.2) is 34.5 Å². The summed E-state index contributed by atoms with van der Waals surface area (Å²) >= 11 is 0. The van der Waals surface area contributed by atoms with Crippen molar-refractivity contribution in [3.63, 3.8) is 0 Å². The monoisotopic (exact) mass is 290 g/mol. The van der Waals surface area contributed by atoms with Crippen molar-refractivity contribution in [2.45, 2.75) is 32.7 Å². The number of carbonyl (C=O) groups excluding carboxylic acids is 1. The van der Waals surface area contributed by atoms with Crippen LogP contribution in [0.25, 0.3) is 6.08 Å². The first kappa shape index (κ1) is 16.8. The molecule has 0 saturated heterocycles. The first-order chi connectivity index (χ1) is 9.90. The summed E-state index contributed by atoms with van der Waals surface area (Å²) in [6.07, 6.45) is 3.72. The minimum atomic E-state index is -0.846. The summed E-state index contributed by atoms with van der Waals surface area (Å²) in [4.78, 5) is 24.4. The second-order valence-electron chi connectivity index (χ2n) is 5.13. The van der Waals surface area contributed by atoms with Gasteiger partial charge in [-0.2, -0.15) is 0 Å². The minimum Gasteiger partial charge on any atom is -0.481 e. The normalized spacial score (nSPS) is 11.0. The highest BCUT2D eigenvalue weighted by Crippen LogP contribution is 2.09. The molecule has 5 nitrogen and oxygen atoms in total. The van der Waals surface area contributed by atoms with Gasteiger partial charge >= 0.3 is 5.97 Å². The highest BCUT2D eigenvalue weighted by Gasteiger charge is 2.14. The molecule has 0 bridgehead atoms. The summed E-state index contributed by atoms with van der Waals surface area (Å²) in [6.45, 7) is 4.25. The van der Waals surface area contributed by atoms with Crippen molar-refractivity contribution in [2.75, 3.05) is 12.3 Å². The number of carbonyl (C=O) groups is 2. The molecule has 0 aromatic heterocycles. The zero-order chi connectivity index (χ0) is 15.8.